The summed E-state index contributed by atoms with van der Waals surface area (Å²) in [6, 6.07) is 10.6. The predicted octanol–water partition coefficient (Wildman–Crippen LogP) is 4.32. The highest BCUT2D eigenvalue weighted by molar-refractivity contribution is 6.32. The minimum atomic E-state index is -0.627. The first-order chi connectivity index (χ1) is 14.3. The fraction of sp³-hybridized carbons (Fsp3) is 0.227. The maximum absolute atomic E-state index is 12.5. The Hall–Kier alpha value is -3.32. The zero-order chi connectivity index (χ0) is 21.8. The molecule has 8 heteroatoms. The summed E-state index contributed by atoms with van der Waals surface area (Å²) < 4.78 is 15.5. The molecule has 156 valence electrons. The topological polar surface area (TPSA) is 86.8 Å². The van der Waals surface area contributed by atoms with Gasteiger partial charge in [-0.3, -0.25) is 9.78 Å². The van der Waals surface area contributed by atoms with E-state index in [1.54, 1.807) is 19.1 Å². The molecule has 0 aliphatic rings. The monoisotopic (exact) mass is 428 g/mol. The van der Waals surface area contributed by atoms with Crippen molar-refractivity contribution in [3.63, 3.8) is 0 Å². The zero-order valence-corrected chi connectivity index (χ0v) is 17.8. The Labute approximate surface area is 178 Å². The molecule has 0 saturated carbocycles. The van der Waals surface area contributed by atoms with Gasteiger partial charge in [-0.25, -0.2) is 4.79 Å². The lowest BCUT2D eigenvalue weighted by molar-refractivity contribution is -0.119. The highest BCUT2D eigenvalue weighted by Gasteiger charge is 2.17. The molecule has 0 bridgehead atoms. The van der Waals surface area contributed by atoms with Crippen molar-refractivity contribution in [1.82, 2.24) is 4.98 Å². The van der Waals surface area contributed by atoms with E-state index in [4.69, 9.17) is 25.8 Å². The number of aryl methyl sites for hydroxylation is 2. The third-order valence-electron chi connectivity index (χ3n) is 4.46. The summed E-state index contributed by atoms with van der Waals surface area (Å²) in [5.41, 5.74) is 3.02. The van der Waals surface area contributed by atoms with Gasteiger partial charge in [-0.2, -0.15) is 0 Å². The Morgan fingerprint density at radius 3 is 2.47 bits per heavy atom. The van der Waals surface area contributed by atoms with Crippen LogP contribution in [0, 0.1) is 13.8 Å². The minimum Gasteiger partial charge on any atom is -0.495 e. The number of anilines is 1. The Balaban J connectivity index is 1.71. The van der Waals surface area contributed by atoms with E-state index in [1.807, 2.05) is 25.1 Å². The van der Waals surface area contributed by atoms with E-state index in [-0.39, 0.29) is 0 Å². The molecule has 3 aromatic rings. The molecular formula is C22H21ClN2O5. The molecule has 1 amide bonds. The second kappa shape index (κ2) is 9.00. The van der Waals surface area contributed by atoms with Crippen LogP contribution in [-0.2, 0) is 9.53 Å². The summed E-state index contributed by atoms with van der Waals surface area (Å²) in [6.45, 7) is 3.21. The summed E-state index contributed by atoms with van der Waals surface area (Å²) in [6.07, 6.45) is 0. The lowest BCUT2D eigenvalue weighted by atomic mass is 10.1. The number of carbonyl (C=O) groups excluding carboxylic acids is 2. The number of ether oxygens (including phenoxy) is 3. The number of rotatable bonds is 6. The number of halogens is 1. The number of fused-ring (bicyclic) bond motifs is 1. The molecule has 0 aliphatic heterocycles. The average Bonchev–Trinajstić information content (AvgIpc) is 2.72. The average molecular weight is 429 g/mol. The molecule has 30 heavy (non-hydrogen) atoms. The summed E-state index contributed by atoms with van der Waals surface area (Å²) in [4.78, 5) is 29.2. The molecule has 0 spiro atoms. The number of pyridine rings is 1. The van der Waals surface area contributed by atoms with Gasteiger partial charge in [-0.1, -0.05) is 23.2 Å². The lowest BCUT2D eigenvalue weighted by Crippen LogP contribution is -2.21. The van der Waals surface area contributed by atoms with Crippen LogP contribution in [0.2, 0.25) is 5.02 Å². The molecule has 0 saturated heterocycles. The van der Waals surface area contributed by atoms with Crippen molar-refractivity contribution in [2.24, 2.45) is 0 Å². The number of aromatic nitrogens is 1. The summed E-state index contributed by atoms with van der Waals surface area (Å²) in [5.74, 6) is -0.392. The molecule has 0 radical (unpaired) electrons. The number of esters is 1. The Morgan fingerprint density at radius 2 is 1.77 bits per heavy atom. The fourth-order valence-electron chi connectivity index (χ4n) is 2.95. The van der Waals surface area contributed by atoms with Crippen LogP contribution < -0.4 is 14.8 Å². The maximum atomic E-state index is 12.5. The molecule has 7 nitrogen and oxygen atoms in total. The van der Waals surface area contributed by atoms with Crippen LogP contribution in [0.5, 0.6) is 11.5 Å². The van der Waals surface area contributed by atoms with E-state index in [0.29, 0.717) is 33.5 Å². The van der Waals surface area contributed by atoms with E-state index < -0.39 is 18.5 Å². The number of benzene rings is 2. The van der Waals surface area contributed by atoms with Gasteiger partial charge in [0.05, 0.1) is 41.7 Å². The first kappa shape index (κ1) is 21.4. The van der Waals surface area contributed by atoms with Gasteiger partial charge in [0.2, 0.25) is 0 Å². The van der Waals surface area contributed by atoms with Gasteiger partial charge in [-0.15, -0.1) is 0 Å². The van der Waals surface area contributed by atoms with E-state index in [1.165, 1.54) is 20.3 Å². The van der Waals surface area contributed by atoms with Crippen LogP contribution in [-0.4, -0.2) is 37.7 Å². The first-order valence-electron chi connectivity index (χ1n) is 9.09. The summed E-state index contributed by atoms with van der Waals surface area (Å²) in [5, 5.41) is 3.75. The van der Waals surface area contributed by atoms with Crippen LogP contribution in [0.4, 0.5) is 5.69 Å². The number of amides is 1. The van der Waals surface area contributed by atoms with Crippen LogP contribution >= 0.6 is 11.6 Å². The summed E-state index contributed by atoms with van der Waals surface area (Å²) >= 11 is 6.10. The standard InChI is InChI=1S/C22H21ClN2O5/c1-12-5-6-17-14(7-12)8-15(13(2)24-17)22(27)30-11-21(26)25-18-9-16(23)19(28-3)10-20(18)29-4/h5-10H,11H2,1-4H3,(H,25,26). The molecular weight excluding hydrogens is 408 g/mol. The predicted molar refractivity (Wildman–Crippen MR) is 115 cm³/mol. The van der Waals surface area contributed by atoms with Gasteiger partial charge in [-0.05, 0) is 38.1 Å². The van der Waals surface area contributed by atoms with E-state index >= 15 is 0 Å². The van der Waals surface area contributed by atoms with E-state index in [0.717, 1.165) is 16.5 Å². The highest BCUT2D eigenvalue weighted by Crippen LogP contribution is 2.35. The van der Waals surface area contributed by atoms with Crippen molar-refractivity contribution in [1.29, 1.82) is 0 Å². The van der Waals surface area contributed by atoms with Crippen molar-refractivity contribution >= 4 is 40.1 Å². The molecule has 2 aromatic carbocycles. The molecule has 0 fully saturated rings. The number of methoxy groups -OCH3 is 2. The molecule has 1 aromatic heterocycles. The highest BCUT2D eigenvalue weighted by atomic mass is 35.5. The van der Waals surface area contributed by atoms with Gasteiger partial charge >= 0.3 is 5.97 Å². The zero-order valence-electron chi connectivity index (χ0n) is 17.0. The SMILES string of the molecule is COc1cc(OC)c(NC(=O)COC(=O)c2cc3cc(C)ccc3nc2C)cc1Cl. The number of carbonyl (C=O) groups is 2. The second-order valence-electron chi connectivity index (χ2n) is 6.63. The van der Waals surface area contributed by atoms with Gasteiger partial charge in [0.25, 0.3) is 5.91 Å². The molecule has 0 atom stereocenters. The quantitative estimate of drug-likeness (QED) is 0.588. The Morgan fingerprint density at radius 1 is 1.03 bits per heavy atom. The van der Waals surface area contributed by atoms with Crippen LogP contribution in [0.25, 0.3) is 10.9 Å². The smallest absolute Gasteiger partial charge is 0.340 e. The van der Waals surface area contributed by atoms with Crippen LogP contribution in [0.1, 0.15) is 21.6 Å². The Bertz CT molecular complexity index is 1130. The van der Waals surface area contributed by atoms with Crippen LogP contribution in [0.3, 0.4) is 0 Å². The van der Waals surface area contributed by atoms with Gasteiger partial charge in [0.15, 0.2) is 6.61 Å². The molecule has 0 aliphatic carbocycles. The number of hydrogen-bond donors (Lipinski definition) is 1. The molecule has 1 heterocycles. The third kappa shape index (κ3) is 4.63. The largest absolute Gasteiger partial charge is 0.495 e. The first-order valence-corrected chi connectivity index (χ1v) is 9.46. The maximum Gasteiger partial charge on any atom is 0.340 e. The number of nitrogens with one attached hydrogen (secondary N) is 1. The van der Waals surface area contributed by atoms with Crippen molar-refractivity contribution in [2.75, 3.05) is 26.1 Å². The van der Waals surface area contributed by atoms with Crippen molar-refractivity contribution < 1.29 is 23.8 Å². The normalized spacial score (nSPS) is 10.6. The Kier molecular flexibility index (Phi) is 6.42. The number of hydrogen-bond acceptors (Lipinski definition) is 6. The van der Waals surface area contributed by atoms with E-state index in [2.05, 4.69) is 10.3 Å². The lowest BCUT2D eigenvalue weighted by Gasteiger charge is -2.13. The van der Waals surface area contributed by atoms with Crippen molar-refractivity contribution in [3.05, 3.63) is 58.2 Å². The minimum absolute atomic E-state index is 0.304. The fourth-order valence-corrected chi connectivity index (χ4v) is 3.19. The van der Waals surface area contributed by atoms with Crippen molar-refractivity contribution in [3.8, 4) is 11.5 Å². The van der Waals surface area contributed by atoms with E-state index in [9.17, 15) is 9.59 Å². The second-order valence-corrected chi connectivity index (χ2v) is 7.04. The molecule has 0 unspecified atom stereocenters. The van der Waals surface area contributed by atoms with Crippen LogP contribution in [0.15, 0.2) is 36.4 Å². The molecule has 3 rings (SSSR count). The number of nitrogens with zero attached hydrogens (tertiary/aromatic N) is 1. The van der Waals surface area contributed by atoms with Gasteiger partial charge < -0.3 is 19.5 Å². The van der Waals surface area contributed by atoms with Gasteiger partial charge in [0.1, 0.15) is 11.5 Å². The van der Waals surface area contributed by atoms with Gasteiger partial charge in [0, 0.05) is 11.5 Å². The third-order valence-corrected chi connectivity index (χ3v) is 4.76. The van der Waals surface area contributed by atoms with Crippen molar-refractivity contribution in [2.45, 2.75) is 13.8 Å². The molecule has 1 N–H and O–H groups in total. The summed E-state index contributed by atoms with van der Waals surface area (Å²) in [7, 11) is 2.93.